The molecule has 0 aliphatic carbocycles. The van der Waals surface area contributed by atoms with Gasteiger partial charge in [-0.15, -0.1) is 0 Å². The van der Waals surface area contributed by atoms with Crippen LogP contribution in [-0.4, -0.2) is 32.0 Å². The number of nitrogens with zero attached hydrogens (tertiary/aromatic N) is 2. The molecule has 0 aliphatic heterocycles. The van der Waals surface area contributed by atoms with Crippen LogP contribution in [0.3, 0.4) is 0 Å². The minimum absolute atomic E-state index is 0.221. The standard InChI is InChI=1S/C19H19Cl2N3O4/c1-10-7-12(5-6-13(10)20)23-24-18(11(2)25)19(26)22-15-9-17(28-4)16(27-3)8-14(15)21/h5-9,18H,1-4H3,(H,22,26). The zero-order valence-corrected chi connectivity index (χ0v) is 17.3. The predicted octanol–water partition coefficient (Wildman–Crippen LogP) is 5.00. The summed E-state index contributed by atoms with van der Waals surface area (Å²) in [6.45, 7) is 3.07. The predicted molar refractivity (Wildman–Crippen MR) is 108 cm³/mol. The number of halogens is 2. The molecule has 1 atom stereocenters. The van der Waals surface area contributed by atoms with Gasteiger partial charge in [0.25, 0.3) is 5.91 Å². The number of benzene rings is 2. The number of hydrogen-bond donors (Lipinski definition) is 1. The Bertz CT molecular complexity index is 932. The number of rotatable bonds is 7. The topological polar surface area (TPSA) is 89.4 Å². The van der Waals surface area contributed by atoms with E-state index in [1.54, 1.807) is 18.2 Å². The average Bonchev–Trinajstić information content (AvgIpc) is 2.65. The fourth-order valence-electron chi connectivity index (χ4n) is 2.28. The molecule has 1 amide bonds. The Morgan fingerprint density at radius 3 is 2.25 bits per heavy atom. The van der Waals surface area contributed by atoms with Crippen LogP contribution in [0.1, 0.15) is 12.5 Å². The Balaban J connectivity index is 2.25. The molecule has 7 nitrogen and oxygen atoms in total. The number of ether oxygens (including phenoxy) is 2. The minimum atomic E-state index is -1.33. The van der Waals surface area contributed by atoms with Gasteiger partial charge in [-0.25, -0.2) is 0 Å². The molecule has 0 aromatic heterocycles. The SMILES string of the molecule is COc1cc(Cl)c(NC(=O)C(N=Nc2ccc(Cl)c(C)c2)C(C)=O)cc1OC. The maximum Gasteiger partial charge on any atom is 0.258 e. The Hall–Kier alpha value is -2.64. The van der Waals surface area contributed by atoms with Crippen molar-refractivity contribution in [1.82, 2.24) is 0 Å². The number of methoxy groups -OCH3 is 2. The molecule has 0 aliphatic rings. The van der Waals surface area contributed by atoms with E-state index in [2.05, 4.69) is 15.5 Å². The van der Waals surface area contributed by atoms with Crippen molar-refractivity contribution >= 4 is 46.3 Å². The van der Waals surface area contributed by atoms with Gasteiger partial charge in [-0.3, -0.25) is 9.59 Å². The van der Waals surface area contributed by atoms with E-state index >= 15 is 0 Å². The summed E-state index contributed by atoms with van der Waals surface area (Å²) in [6, 6.07) is 6.66. The first-order chi connectivity index (χ1) is 13.3. The fraction of sp³-hybridized carbons (Fsp3) is 0.263. The van der Waals surface area contributed by atoms with Gasteiger partial charge in [-0.1, -0.05) is 23.2 Å². The van der Waals surface area contributed by atoms with Crippen LogP contribution < -0.4 is 14.8 Å². The Kier molecular flexibility index (Phi) is 7.37. The zero-order valence-electron chi connectivity index (χ0n) is 15.7. The van der Waals surface area contributed by atoms with Crippen LogP contribution in [0.4, 0.5) is 11.4 Å². The first-order valence-electron chi connectivity index (χ1n) is 8.16. The minimum Gasteiger partial charge on any atom is -0.493 e. The lowest BCUT2D eigenvalue weighted by molar-refractivity contribution is -0.126. The van der Waals surface area contributed by atoms with E-state index in [1.807, 2.05) is 6.92 Å². The van der Waals surface area contributed by atoms with Gasteiger partial charge in [0.05, 0.1) is 30.6 Å². The van der Waals surface area contributed by atoms with Gasteiger partial charge < -0.3 is 14.8 Å². The highest BCUT2D eigenvalue weighted by Gasteiger charge is 2.24. The van der Waals surface area contributed by atoms with Gasteiger partial charge in [0, 0.05) is 17.2 Å². The maximum atomic E-state index is 12.6. The van der Waals surface area contributed by atoms with E-state index in [0.717, 1.165) is 5.56 Å². The lowest BCUT2D eigenvalue weighted by atomic mass is 10.2. The second-order valence-electron chi connectivity index (χ2n) is 5.84. The monoisotopic (exact) mass is 423 g/mol. The Labute approximate surface area is 172 Å². The molecule has 0 spiro atoms. The van der Waals surface area contributed by atoms with Crippen LogP contribution in [0, 0.1) is 6.92 Å². The van der Waals surface area contributed by atoms with E-state index in [1.165, 1.54) is 33.3 Å². The number of azo groups is 1. The number of aryl methyl sites for hydroxylation is 1. The van der Waals surface area contributed by atoms with Crippen molar-refractivity contribution in [3.05, 3.63) is 45.9 Å². The Morgan fingerprint density at radius 2 is 1.68 bits per heavy atom. The summed E-state index contributed by atoms with van der Waals surface area (Å²) >= 11 is 12.1. The lowest BCUT2D eigenvalue weighted by Gasteiger charge is -2.14. The maximum absolute atomic E-state index is 12.6. The molecule has 148 valence electrons. The highest BCUT2D eigenvalue weighted by molar-refractivity contribution is 6.34. The van der Waals surface area contributed by atoms with E-state index in [0.29, 0.717) is 22.2 Å². The second-order valence-corrected chi connectivity index (χ2v) is 6.65. The van der Waals surface area contributed by atoms with Crippen molar-refractivity contribution in [3.63, 3.8) is 0 Å². The van der Waals surface area contributed by atoms with Gasteiger partial charge in [0.1, 0.15) is 0 Å². The molecule has 0 fully saturated rings. The highest BCUT2D eigenvalue weighted by atomic mass is 35.5. The van der Waals surface area contributed by atoms with Gasteiger partial charge >= 0.3 is 0 Å². The summed E-state index contributed by atoms with van der Waals surface area (Å²) in [6.07, 6.45) is 0. The largest absolute Gasteiger partial charge is 0.493 e. The fourth-order valence-corrected chi connectivity index (χ4v) is 2.60. The van der Waals surface area contributed by atoms with Gasteiger partial charge in [-0.2, -0.15) is 10.2 Å². The summed E-state index contributed by atoms with van der Waals surface area (Å²) < 4.78 is 10.3. The number of nitrogens with one attached hydrogen (secondary N) is 1. The summed E-state index contributed by atoms with van der Waals surface area (Å²) in [5, 5.41) is 11.2. The smallest absolute Gasteiger partial charge is 0.258 e. The number of carbonyl (C=O) groups is 2. The number of carbonyl (C=O) groups excluding carboxylic acids is 2. The molecule has 2 rings (SSSR count). The molecule has 0 heterocycles. The van der Waals surface area contributed by atoms with Crippen molar-refractivity contribution in [2.24, 2.45) is 10.2 Å². The first-order valence-corrected chi connectivity index (χ1v) is 8.92. The number of anilines is 1. The van der Waals surface area contributed by atoms with E-state index in [-0.39, 0.29) is 10.7 Å². The zero-order chi connectivity index (χ0) is 20.8. The van der Waals surface area contributed by atoms with E-state index in [9.17, 15) is 9.59 Å². The lowest BCUT2D eigenvalue weighted by Crippen LogP contribution is -2.31. The van der Waals surface area contributed by atoms with Crippen LogP contribution in [0.5, 0.6) is 11.5 Å². The van der Waals surface area contributed by atoms with Crippen LogP contribution in [0.15, 0.2) is 40.6 Å². The van der Waals surface area contributed by atoms with E-state index in [4.69, 9.17) is 32.7 Å². The molecule has 28 heavy (non-hydrogen) atoms. The van der Waals surface area contributed by atoms with Crippen molar-refractivity contribution in [2.75, 3.05) is 19.5 Å². The summed E-state index contributed by atoms with van der Waals surface area (Å²) in [5.41, 5.74) is 1.54. The average molecular weight is 424 g/mol. The quantitative estimate of drug-likeness (QED) is 0.501. The summed E-state index contributed by atoms with van der Waals surface area (Å²) in [4.78, 5) is 24.5. The van der Waals surface area contributed by atoms with Crippen molar-refractivity contribution in [1.29, 1.82) is 0 Å². The van der Waals surface area contributed by atoms with Crippen LogP contribution in [0.25, 0.3) is 0 Å². The van der Waals surface area contributed by atoms with E-state index < -0.39 is 17.7 Å². The van der Waals surface area contributed by atoms with Gasteiger partial charge in [0.2, 0.25) is 6.04 Å². The second kappa shape index (κ2) is 9.52. The molecule has 2 aromatic rings. The van der Waals surface area contributed by atoms with Gasteiger partial charge in [-0.05, 0) is 37.6 Å². The molecule has 2 aromatic carbocycles. The molecule has 0 saturated carbocycles. The third-order valence-electron chi connectivity index (χ3n) is 3.79. The first kappa shape index (κ1) is 21.7. The molecule has 1 unspecified atom stereocenters. The summed E-state index contributed by atoms with van der Waals surface area (Å²) in [5.74, 6) is -0.356. The molecule has 9 heteroatoms. The van der Waals surface area contributed by atoms with Crippen molar-refractivity contribution in [2.45, 2.75) is 19.9 Å². The van der Waals surface area contributed by atoms with Crippen LogP contribution >= 0.6 is 23.2 Å². The normalized spacial score (nSPS) is 11.9. The third kappa shape index (κ3) is 5.21. The molecule has 0 bridgehead atoms. The van der Waals surface area contributed by atoms with Crippen molar-refractivity contribution in [3.8, 4) is 11.5 Å². The number of ketones is 1. The molecule has 0 radical (unpaired) electrons. The number of Topliss-reactive ketones (excluding diaryl/α,β-unsaturated/α-hetero) is 1. The molecule has 1 N–H and O–H groups in total. The molecular weight excluding hydrogens is 405 g/mol. The van der Waals surface area contributed by atoms with Crippen LogP contribution in [-0.2, 0) is 9.59 Å². The molecular formula is C19H19Cl2N3O4. The van der Waals surface area contributed by atoms with Crippen LogP contribution in [0.2, 0.25) is 10.0 Å². The third-order valence-corrected chi connectivity index (χ3v) is 4.53. The summed E-state index contributed by atoms with van der Waals surface area (Å²) in [7, 11) is 2.93. The number of hydrogen-bond acceptors (Lipinski definition) is 6. The van der Waals surface area contributed by atoms with Crippen molar-refractivity contribution < 1.29 is 19.1 Å². The Morgan fingerprint density at radius 1 is 1.04 bits per heavy atom. The highest BCUT2D eigenvalue weighted by Crippen LogP contribution is 2.36. The van der Waals surface area contributed by atoms with Gasteiger partial charge in [0.15, 0.2) is 17.3 Å². The number of amides is 1. The molecule has 0 saturated heterocycles.